The van der Waals surface area contributed by atoms with E-state index in [2.05, 4.69) is 5.16 Å². The van der Waals surface area contributed by atoms with E-state index >= 15 is 0 Å². The van der Waals surface area contributed by atoms with Crippen LogP contribution in [0.3, 0.4) is 0 Å². The van der Waals surface area contributed by atoms with E-state index in [0.29, 0.717) is 17.4 Å². The number of oxime groups is 1. The van der Waals surface area contributed by atoms with Gasteiger partial charge in [0, 0.05) is 11.9 Å². The summed E-state index contributed by atoms with van der Waals surface area (Å²) in [6.45, 7) is 2.62. The summed E-state index contributed by atoms with van der Waals surface area (Å²) < 4.78 is 1.61. The van der Waals surface area contributed by atoms with E-state index in [-0.39, 0.29) is 16.9 Å². The lowest BCUT2D eigenvalue weighted by molar-refractivity contribution is 0.321. The number of aryl methyl sites for hydroxylation is 1. The van der Waals surface area contributed by atoms with Crippen LogP contribution in [0.1, 0.15) is 25.3 Å². The van der Waals surface area contributed by atoms with Crippen LogP contribution in [0.5, 0.6) is 5.75 Å². The lowest BCUT2D eigenvalue weighted by Crippen LogP contribution is -2.24. The van der Waals surface area contributed by atoms with Crippen molar-refractivity contribution in [2.45, 2.75) is 26.3 Å². The van der Waals surface area contributed by atoms with Crippen LogP contribution in [0.25, 0.3) is 10.9 Å². The molecular formula is C14H16N2O3. The molecule has 0 aliphatic rings. The summed E-state index contributed by atoms with van der Waals surface area (Å²) >= 11 is 0. The van der Waals surface area contributed by atoms with Crippen LogP contribution < -0.4 is 5.56 Å². The largest absolute Gasteiger partial charge is 0.506 e. The van der Waals surface area contributed by atoms with Gasteiger partial charge in [0.2, 0.25) is 0 Å². The predicted molar refractivity (Wildman–Crippen MR) is 74.2 cm³/mol. The van der Waals surface area contributed by atoms with Crippen LogP contribution in [-0.2, 0) is 6.54 Å². The lowest BCUT2D eigenvalue weighted by atomic mass is 10.1. The number of fused-ring (bicyclic) bond motifs is 1. The van der Waals surface area contributed by atoms with E-state index in [0.717, 1.165) is 19.1 Å². The average Bonchev–Trinajstić information content (AvgIpc) is 2.43. The number of hydrogen-bond acceptors (Lipinski definition) is 4. The summed E-state index contributed by atoms with van der Waals surface area (Å²) in [7, 11) is 0. The van der Waals surface area contributed by atoms with E-state index < -0.39 is 0 Å². The first kappa shape index (κ1) is 13.1. The molecule has 2 rings (SSSR count). The molecule has 0 saturated heterocycles. The topological polar surface area (TPSA) is 74.8 Å². The van der Waals surface area contributed by atoms with Crippen LogP contribution in [0.2, 0.25) is 0 Å². The molecule has 2 N–H and O–H groups in total. The van der Waals surface area contributed by atoms with Gasteiger partial charge in [-0.05, 0) is 18.6 Å². The van der Waals surface area contributed by atoms with Gasteiger partial charge >= 0.3 is 0 Å². The second kappa shape index (κ2) is 5.56. The highest BCUT2D eigenvalue weighted by atomic mass is 16.4. The first-order valence-corrected chi connectivity index (χ1v) is 6.22. The van der Waals surface area contributed by atoms with Crippen molar-refractivity contribution in [1.29, 1.82) is 0 Å². The molecule has 0 saturated carbocycles. The van der Waals surface area contributed by atoms with Crippen LogP contribution in [0.15, 0.2) is 34.2 Å². The van der Waals surface area contributed by atoms with Crippen molar-refractivity contribution >= 4 is 17.1 Å². The van der Waals surface area contributed by atoms with Crippen LogP contribution in [0.4, 0.5) is 0 Å². The van der Waals surface area contributed by atoms with Gasteiger partial charge in [0.25, 0.3) is 5.56 Å². The van der Waals surface area contributed by atoms with Gasteiger partial charge in [-0.25, -0.2) is 0 Å². The monoisotopic (exact) mass is 260 g/mol. The molecule has 0 radical (unpaired) electrons. The summed E-state index contributed by atoms with van der Waals surface area (Å²) in [5.74, 6) is -0.147. The number of nitrogens with zero attached hydrogens (tertiary/aromatic N) is 2. The van der Waals surface area contributed by atoms with Gasteiger partial charge in [-0.3, -0.25) is 4.79 Å². The van der Waals surface area contributed by atoms with Crippen LogP contribution in [0, 0.1) is 0 Å². The van der Waals surface area contributed by atoms with Crippen molar-refractivity contribution in [3.05, 3.63) is 40.2 Å². The minimum Gasteiger partial charge on any atom is -0.506 e. The second-order valence-corrected chi connectivity index (χ2v) is 4.33. The zero-order chi connectivity index (χ0) is 13.8. The maximum Gasteiger partial charge on any atom is 0.263 e. The molecule has 5 heteroatoms. The summed E-state index contributed by atoms with van der Waals surface area (Å²) in [5, 5.41) is 22.1. The second-order valence-electron chi connectivity index (χ2n) is 4.33. The fraction of sp³-hybridized carbons (Fsp3) is 0.286. The van der Waals surface area contributed by atoms with Gasteiger partial charge in [0.1, 0.15) is 11.3 Å². The molecule has 0 fully saturated rings. The fourth-order valence-electron chi connectivity index (χ4n) is 2.12. The highest BCUT2D eigenvalue weighted by Gasteiger charge is 2.14. The van der Waals surface area contributed by atoms with Gasteiger partial charge in [0.15, 0.2) is 0 Å². The number of pyridine rings is 1. The molecule has 5 nitrogen and oxygen atoms in total. The van der Waals surface area contributed by atoms with Crippen molar-refractivity contribution in [2.75, 3.05) is 0 Å². The molecule has 0 atom stereocenters. The molecule has 100 valence electrons. The SMILES string of the molecule is CCCCn1c(=O)c(/C=N/O)c(O)c2ccccc21. The molecule has 0 bridgehead atoms. The molecule has 0 unspecified atom stereocenters. The highest BCUT2D eigenvalue weighted by Crippen LogP contribution is 2.25. The van der Waals surface area contributed by atoms with Gasteiger partial charge in [-0.15, -0.1) is 0 Å². The zero-order valence-corrected chi connectivity index (χ0v) is 10.7. The Hall–Kier alpha value is -2.30. The van der Waals surface area contributed by atoms with Gasteiger partial charge in [-0.1, -0.05) is 30.6 Å². The number of unbranched alkanes of at least 4 members (excludes halogenated alkanes) is 1. The zero-order valence-electron chi connectivity index (χ0n) is 10.7. The third kappa shape index (κ3) is 2.31. The van der Waals surface area contributed by atoms with E-state index in [9.17, 15) is 9.90 Å². The van der Waals surface area contributed by atoms with E-state index in [1.807, 2.05) is 13.0 Å². The molecule has 0 spiro atoms. The third-order valence-corrected chi connectivity index (χ3v) is 3.10. The third-order valence-electron chi connectivity index (χ3n) is 3.10. The Kier molecular flexibility index (Phi) is 3.85. The maximum absolute atomic E-state index is 12.3. The van der Waals surface area contributed by atoms with Gasteiger partial charge in [-0.2, -0.15) is 0 Å². The summed E-state index contributed by atoms with van der Waals surface area (Å²) in [5.41, 5.74) is 0.355. The Morgan fingerprint density at radius 3 is 2.79 bits per heavy atom. The van der Waals surface area contributed by atoms with Crippen LogP contribution >= 0.6 is 0 Å². The van der Waals surface area contributed by atoms with Crippen molar-refractivity contribution in [2.24, 2.45) is 5.16 Å². The molecule has 2 aromatic rings. The maximum atomic E-state index is 12.3. The Labute approximate surface area is 110 Å². The van der Waals surface area contributed by atoms with E-state index in [4.69, 9.17) is 5.21 Å². The average molecular weight is 260 g/mol. The number of para-hydroxylation sites is 1. The molecule has 0 aliphatic carbocycles. The Bertz CT molecular complexity index is 674. The molecule has 0 amide bonds. The van der Waals surface area contributed by atoms with E-state index in [1.54, 1.807) is 22.8 Å². The van der Waals surface area contributed by atoms with Crippen molar-refractivity contribution in [3.8, 4) is 5.75 Å². The number of aromatic hydroxyl groups is 1. The fourth-order valence-corrected chi connectivity index (χ4v) is 2.12. The first-order chi connectivity index (χ1) is 9.20. The highest BCUT2D eigenvalue weighted by molar-refractivity contribution is 5.94. The molecule has 1 heterocycles. The molecule has 1 aromatic carbocycles. The van der Waals surface area contributed by atoms with Crippen molar-refractivity contribution in [3.63, 3.8) is 0 Å². The van der Waals surface area contributed by atoms with E-state index in [1.165, 1.54) is 0 Å². The summed E-state index contributed by atoms with van der Waals surface area (Å²) in [6, 6.07) is 7.15. The number of aromatic nitrogens is 1. The van der Waals surface area contributed by atoms with Gasteiger partial charge < -0.3 is 14.9 Å². The molecule has 0 aliphatic heterocycles. The predicted octanol–water partition coefficient (Wildman–Crippen LogP) is 2.32. The first-order valence-electron chi connectivity index (χ1n) is 6.22. The standard InChI is InChI=1S/C14H16N2O3/c1-2-3-8-16-12-7-5-4-6-10(12)13(17)11(9-15-19)14(16)18/h4-7,9,17,19H,2-3,8H2,1H3/b15-9+. The Morgan fingerprint density at radius 1 is 1.37 bits per heavy atom. The minimum absolute atomic E-state index is 0.0114. The number of hydrogen-bond donors (Lipinski definition) is 2. The van der Waals surface area contributed by atoms with Crippen molar-refractivity contribution < 1.29 is 10.3 Å². The molecule has 1 aromatic heterocycles. The van der Waals surface area contributed by atoms with Crippen LogP contribution in [-0.4, -0.2) is 21.1 Å². The molecule has 19 heavy (non-hydrogen) atoms. The molecular weight excluding hydrogens is 244 g/mol. The minimum atomic E-state index is -0.345. The van der Waals surface area contributed by atoms with Crippen molar-refractivity contribution in [1.82, 2.24) is 4.57 Å². The number of benzene rings is 1. The summed E-state index contributed by atoms with van der Waals surface area (Å²) in [4.78, 5) is 12.3. The lowest BCUT2D eigenvalue weighted by Gasteiger charge is -2.12. The number of rotatable bonds is 4. The van der Waals surface area contributed by atoms with Gasteiger partial charge in [0.05, 0.1) is 11.7 Å². The Morgan fingerprint density at radius 2 is 2.11 bits per heavy atom. The quantitative estimate of drug-likeness (QED) is 0.503. The smallest absolute Gasteiger partial charge is 0.263 e. The summed E-state index contributed by atoms with van der Waals surface area (Å²) in [6.07, 6.45) is 2.81. The Balaban J connectivity index is 2.80. The normalized spacial score (nSPS) is 11.4.